The van der Waals surface area contributed by atoms with E-state index < -0.39 is 0 Å². The zero-order valence-electron chi connectivity index (χ0n) is 12.3. The largest absolute Gasteiger partial charge is 0.389 e. The van der Waals surface area contributed by atoms with Gasteiger partial charge in [-0.05, 0) is 80.6 Å². The second-order valence-corrected chi connectivity index (χ2v) is 7.63. The Morgan fingerprint density at radius 3 is 2.10 bits per heavy atom. The molecule has 20 heavy (non-hydrogen) atoms. The Morgan fingerprint density at radius 2 is 1.50 bits per heavy atom. The van der Waals surface area contributed by atoms with Crippen LogP contribution in [0.25, 0.3) is 0 Å². The standard InChI is InChI=1S/C19H26O/c20-19(8-4-7-14-5-2-1-3-6-14)17-10-15-9-16(12-17)13-18(19)11-15/h1-3,5-6,15-18,20H,4,7-13H2. The molecule has 4 aliphatic rings. The molecule has 108 valence electrons. The average molecular weight is 270 g/mol. The Morgan fingerprint density at radius 1 is 0.900 bits per heavy atom. The zero-order valence-corrected chi connectivity index (χ0v) is 12.3. The van der Waals surface area contributed by atoms with E-state index in [-0.39, 0.29) is 5.60 Å². The first-order valence-corrected chi connectivity index (χ1v) is 8.50. The van der Waals surface area contributed by atoms with E-state index in [0.717, 1.165) is 31.1 Å². The summed E-state index contributed by atoms with van der Waals surface area (Å²) >= 11 is 0. The number of aliphatic hydroxyl groups is 1. The summed E-state index contributed by atoms with van der Waals surface area (Å²) in [6, 6.07) is 10.7. The zero-order chi connectivity index (χ0) is 13.6. The molecule has 0 amide bonds. The number of rotatable bonds is 4. The molecule has 4 saturated carbocycles. The molecular formula is C19H26O. The van der Waals surface area contributed by atoms with E-state index in [1.165, 1.54) is 37.7 Å². The van der Waals surface area contributed by atoms with Crippen LogP contribution in [-0.2, 0) is 6.42 Å². The molecule has 1 N–H and O–H groups in total. The van der Waals surface area contributed by atoms with Crippen molar-refractivity contribution in [3.8, 4) is 0 Å². The molecule has 4 bridgehead atoms. The van der Waals surface area contributed by atoms with E-state index >= 15 is 0 Å². The lowest BCUT2D eigenvalue weighted by atomic mass is 9.49. The van der Waals surface area contributed by atoms with Gasteiger partial charge in [-0.3, -0.25) is 0 Å². The lowest BCUT2D eigenvalue weighted by Gasteiger charge is -2.59. The molecule has 0 aliphatic heterocycles. The quantitative estimate of drug-likeness (QED) is 0.869. The van der Waals surface area contributed by atoms with E-state index in [1.54, 1.807) is 0 Å². The fourth-order valence-corrected chi connectivity index (χ4v) is 5.63. The highest BCUT2D eigenvalue weighted by atomic mass is 16.3. The molecule has 0 radical (unpaired) electrons. The van der Waals surface area contributed by atoms with Gasteiger partial charge in [0.2, 0.25) is 0 Å². The van der Waals surface area contributed by atoms with E-state index in [9.17, 15) is 5.11 Å². The highest BCUT2D eigenvalue weighted by Gasteiger charge is 2.55. The summed E-state index contributed by atoms with van der Waals surface area (Å²) in [5, 5.41) is 11.3. The number of hydrogen-bond donors (Lipinski definition) is 1. The van der Waals surface area contributed by atoms with Crippen LogP contribution in [0.2, 0.25) is 0 Å². The van der Waals surface area contributed by atoms with Gasteiger partial charge in [-0.2, -0.15) is 0 Å². The van der Waals surface area contributed by atoms with Crippen molar-refractivity contribution in [2.75, 3.05) is 0 Å². The molecule has 0 heterocycles. The van der Waals surface area contributed by atoms with Gasteiger partial charge >= 0.3 is 0 Å². The molecule has 0 atom stereocenters. The highest BCUT2D eigenvalue weighted by molar-refractivity contribution is 5.15. The van der Waals surface area contributed by atoms with Crippen molar-refractivity contribution < 1.29 is 5.11 Å². The van der Waals surface area contributed by atoms with Gasteiger partial charge in [0.1, 0.15) is 0 Å². The Labute approximate surface area is 122 Å². The summed E-state index contributed by atoms with van der Waals surface area (Å²) in [5.41, 5.74) is 1.10. The van der Waals surface area contributed by atoms with Crippen molar-refractivity contribution in [1.82, 2.24) is 0 Å². The first-order chi connectivity index (χ1) is 9.74. The number of benzene rings is 1. The van der Waals surface area contributed by atoms with Gasteiger partial charge in [0, 0.05) is 0 Å². The monoisotopic (exact) mass is 270 g/mol. The van der Waals surface area contributed by atoms with Gasteiger partial charge in [-0.25, -0.2) is 0 Å². The maximum absolute atomic E-state index is 11.3. The molecular weight excluding hydrogens is 244 g/mol. The second kappa shape index (κ2) is 4.87. The van der Waals surface area contributed by atoms with Crippen LogP contribution in [0.15, 0.2) is 30.3 Å². The van der Waals surface area contributed by atoms with E-state index in [1.807, 2.05) is 0 Å². The van der Waals surface area contributed by atoms with Crippen LogP contribution in [0.4, 0.5) is 0 Å². The van der Waals surface area contributed by atoms with Gasteiger partial charge in [0.15, 0.2) is 0 Å². The molecule has 5 rings (SSSR count). The molecule has 0 spiro atoms. The van der Waals surface area contributed by atoms with Gasteiger partial charge in [0.25, 0.3) is 0 Å². The van der Waals surface area contributed by atoms with Crippen LogP contribution in [-0.4, -0.2) is 10.7 Å². The summed E-state index contributed by atoms with van der Waals surface area (Å²) < 4.78 is 0. The highest BCUT2D eigenvalue weighted by Crippen LogP contribution is 2.59. The SMILES string of the molecule is OC1(CCCc2ccccc2)C2CC3CC(C2)CC1C3. The topological polar surface area (TPSA) is 20.2 Å². The minimum absolute atomic E-state index is 0.317. The predicted molar refractivity (Wildman–Crippen MR) is 81.4 cm³/mol. The molecule has 1 heteroatoms. The lowest BCUT2D eigenvalue weighted by molar-refractivity contribution is -0.176. The molecule has 1 aromatic carbocycles. The summed E-state index contributed by atoms with van der Waals surface area (Å²) in [7, 11) is 0. The second-order valence-electron chi connectivity index (χ2n) is 7.63. The normalized spacial score (nSPS) is 42.0. The number of hydrogen-bond acceptors (Lipinski definition) is 1. The number of aryl methyl sites for hydroxylation is 1. The fourth-order valence-electron chi connectivity index (χ4n) is 5.63. The van der Waals surface area contributed by atoms with E-state index in [2.05, 4.69) is 30.3 Å². The van der Waals surface area contributed by atoms with Crippen molar-refractivity contribution in [1.29, 1.82) is 0 Å². The van der Waals surface area contributed by atoms with E-state index in [0.29, 0.717) is 11.8 Å². The van der Waals surface area contributed by atoms with Gasteiger partial charge in [-0.15, -0.1) is 0 Å². The van der Waals surface area contributed by atoms with Crippen LogP contribution in [0.5, 0.6) is 0 Å². The molecule has 0 aromatic heterocycles. The van der Waals surface area contributed by atoms with Gasteiger partial charge < -0.3 is 5.11 Å². The molecule has 1 aromatic rings. The molecule has 1 nitrogen and oxygen atoms in total. The van der Waals surface area contributed by atoms with Crippen LogP contribution >= 0.6 is 0 Å². The maximum Gasteiger partial charge on any atom is 0.0704 e. The summed E-state index contributed by atoms with van der Waals surface area (Å²) in [6.07, 6.45) is 10.0. The minimum Gasteiger partial charge on any atom is -0.389 e. The molecule has 4 aliphatic carbocycles. The first-order valence-electron chi connectivity index (χ1n) is 8.50. The van der Waals surface area contributed by atoms with Crippen LogP contribution in [0.1, 0.15) is 50.5 Å². The Bertz CT molecular complexity index is 436. The Balaban J connectivity index is 1.40. The minimum atomic E-state index is -0.317. The van der Waals surface area contributed by atoms with Crippen molar-refractivity contribution in [3.05, 3.63) is 35.9 Å². The van der Waals surface area contributed by atoms with Gasteiger partial charge in [-0.1, -0.05) is 30.3 Å². The fraction of sp³-hybridized carbons (Fsp3) is 0.684. The predicted octanol–water partition coefficient (Wildman–Crippen LogP) is 4.20. The third-order valence-electron chi connectivity index (χ3n) is 6.44. The lowest BCUT2D eigenvalue weighted by Crippen LogP contribution is -2.57. The van der Waals surface area contributed by atoms with Crippen LogP contribution in [0, 0.1) is 23.7 Å². The molecule has 4 fully saturated rings. The van der Waals surface area contributed by atoms with Crippen LogP contribution in [0.3, 0.4) is 0 Å². The van der Waals surface area contributed by atoms with Crippen molar-refractivity contribution in [2.45, 2.75) is 57.0 Å². The average Bonchev–Trinajstić information content (AvgIpc) is 2.45. The molecule has 0 saturated heterocycles. The molecule has 0 unspecified atom stereocenters. The van der Waals surface area contributed by atoms with Crippen molar-refractivity contribution in [3.63, 3.8) is 0 Å². The van der Waals surface area contributed by atoms with Crippen molar-refractivity contribution >= 4 is 0 Å². The Kier molecular flexibility index (Phi) is 3.14. The summed E-state index contributed by atoms with van der Waals surface area (Å²) in [5.74, 6) is 3.14. The van der Waals surface area contributed by atoms with Crippen LogP contribution < -0.4 is 0 Å². The smallest absolute Gasteiger partial charge is 0.0704 e. The maximum atomic E-state index is 11.3. The Hall–Kier alpha value is -0.820. The first kappa shape index (κ1) is 12.9. The summed E-state index contributed by atoms with van der Waals surface area (Å²) in [6.45, 7) is 0. The summed E-state index contributed by atoms with van der Waals surface area (Å²) in [4.78, 5) is 0. The van der Waals surface area contributed by atoms with E-state index in [4.69, 9.17) is 0 Å². The third-order valence-corrected chi connectivity index (χ3v) is 6.44. The van der Waals surface area contributed by atoms with Gasteiger partial charge in [0.05, 0.1) is 5.60 Å². The third kappa shape index (κ3) is 2.11. The van der Waals surface area contributed by atoms with Crippen molar-refractivity contribution in [2.24, 2.45) is 23.7 Å².